The molecule has 0 spiro atoms. The van der Waals surface area contributed by atoms with Crippen LogP contribution in [0, 0.1) is 0 Å². The summed E-state index contributed by atoms with van der Waals surface area (Å²) in [6.45, 7) is 3.81. The second-order valence-corrected chi connectivity index (χ2v) is 3.78. The Kier molecular flexibility index (Phi) is 2.15. The lowest BCUT2D eigenvalue weighted by atomic mass is 10.1. The molecule has 0 amide bonds. The van der Waals surface area contributed by atoms with E-state index < -0.39 is 0 Å². The second kappa shape index (κ2) is 3.30. The Labute approximate surface area is 85.2 Å². The molecule has 0 radical (unpaired) electrons. The van der Waals surface area contributed by atoms with Crippen molar-refractivity contribution in [2.45, 2.75) is 0 Å². The average molecular weight is 234 g/mol. The number of halogens is 1. The van der Waals surface area contributed by atoms with Crippen molar-refractivity contribution in [2.75, 3.05) is 0 Å². The van der Waals surface area contributed by atoms with Gasteiger partial charge >= 0.3 is 0 Å². The highest BCUT2D eigenvalue weighted by Gasteiger charge is 1.97. The van der Waals surface area contributed by atoms with Gasteiger partial charge in [-0.15, -0.1) is 0 Å². The molecule has 0 saturated carbocycles. The summed E-state index contributed by atoms with van der Waals surface area (Å²) in [6.07, 6.45) is 1.82. The van der Waals surface area contributed by atoms with Gasteiger partial charge < -0.3 is 0 Å². The summed E-state index contributed by atoms with van der Waals surface area (Å²) in [5.41, 5.74) is 2.04. The van der Waals surface area contributed by atoms with Gasteiger partial charge in [-0.25, -0.2) is 0 Å². The molecule has 2 heteroatoms. The largest absolute Gasteiger partial charge is 0.256 e. The quantitative estimate of drug-likeness (QED) is 0.734. The van der Waals surface area contributed by atoms with Gasteiger partial charge in [0, 0.05) is 21.6 Å². The van der Waals surface area contributed by atoms with Crippen molar-refractivity contribution in [3.05, 3.63) is 48.7 Å². The van der Waals surface area contributed by atoms with E-state index in [4.69, 9.17) is 0 Å². The molecule has 2 rings (SSSR count). The van der Waals surface area contributed by atoms with Gasteiger partial charge in [0.25, 0.3) is 0 Å². The summed E-state index contributed by atoms with van der Waals surface area (Å²) >= 11 is 3.33. The van der Waals surface area contributed by atoms with E-state index in [1.165, 1.54) is 0 Å². The smallest absolute Gasteiger partial charge is 0.0702 e. The molecule has 0 unspecified atom stereocenters. The molecule has 1 aromatic heterocycles. The van der Waals surface area contributed by atoms with Gasteiger partial charge in [0.1, 0.15) is 0 Å². The van der Waals surface area contributed by atoms with E-state index in [9.17, 15) is 0 Å². The summed E-state index contributed by atoms with van der Waals surface area (Å²) in [5, 5.41) is 1.14. The highest BCUT2D eigenvalue weighted by atomic mass is 79.9. The van der Waals surface area contributed by atoms with E-state index in [1.54, 1.807) is 0 Å². The van der Waals surface area contributed by atoms with Crippen LogP contribution >= 0.6 is 15.9 Å². The number of rotatable bonds is 1. The summed E-state index contributed by atoms with van der Waals surface area (Å²) in [4.78, 5) is 4.31. The molecular weight excluding hydrogens is 226 g/mol. The van der Waals surface area contributed by atoms with Crippen molar-refractivity contribution < 1.29 is 0 Å². The maximum atomic E-state index is 4.31. The van der Waals surface area contributed by atoms with Crippen LogP contribution in [0.5, 0.6) is 0 Å². The first-order valence-electron chi connectivity index (χ1n) is 3.97. The Morgan fingerprint density at radius 1 is 1.31 bits per heavy atom. The van der Waals surface area contributed by atoms with Crippen LogP contribution in [-0.4, -0.2) is 4.98 Å². The van der Waals surface area contributed by atoms with Gasteiger partial charge in [0.2, 0.25) is 0 Å². The van der Waals surface area contributed by atoms with E-state index >= 15 is 0 Å². The highest BCUT2D eigenvalue weighted by Crippen LogP contribution is 2.21. The lowest BCUT2D eigenvalue weighted by Gasteiger charge is -1.99. The van der Waals surface area contributed by atoms with E-state index in [0.29, 0.717) is 0 Å². The van der Waals surface area contributed by atoms with Crippen LogP contribution in [0.1, 0.15) is 5.56 Å². The molecular formula is C11H8BrN. The maximum absolute atomic E-state index is 4.31. The Morgan fingerprint density at radius 2 is 2.08 bits per heavy atom. The zero-order valence-corrected chi connectivity index (χ0v) is 8.58. The molecule has 64 valence electrons. The third-order valence-corrected chi connectivity index (χ3v) is 2.36. The monoisotopic (exact) mass is 233 g/mol. The summed E-state index contributed by atoms with van der Waals surface area (Å²) in [7, 11) is 0. The zero-order valence-electron chi connectivity index (χ0n) is 7.00. The van der Waals surface area contributed by atoms with Gasteiger partial charge in [-0.2, -0.15) is 0 Å². The van der Waals surface area contributed by atoms with Gasteiger partial charge in [-0.1, -0.05) is 40.7 Å². The minimum atomic E-state index is 0.866. The molecule has 1 heterocycles. The van der Waals surface area contributed by atoms with Gasteiger partial charge in [0.15, 0.2) is 0 Å². The molecule has 0 bridgehead atoms. The van der Waals surface area contributed by atoms with Crippen LogP contribution in [0.3, 0.4) is 0 Å². The van der Waals surface area contributed by atoms with Crippen molar-refractivity contribution in [3.63, 3.8) is 0 Å². The fourth-order valence-corrected chi connectivity index (χ4v) is 1.44. The normalized spacial score (nSPS) is 10.2. The number of hydrogen-bond donors (Lipinski definition) is 0. The third-order valence-electron chi connectivity index (χ3n) is 1.90. The maximum Gasteiger partial charge on any atom is 0.0702 e. The number of aromatic nitrogens is 1. The molecule has 0 aliphatic heterocycles. The van der Waals surface area contributed by atoms with Crippen LogP contribution in [0.2, 0.25) is 0 Å². The molecule has 0 fully saturated rings. The molecule has 2 aromatic rings. The predicted octanol–water partition coefficient (Wildman–Crippen LogP) is 3.60. The molecule has 0 aliphatic rings. The van der Waals surface area contributed by atoms with Crippen molar-refractivity contribution in [1.82, 2.24) is 4.98 Å². The van der Waals surface area contributed by atoms with Gasteiger partial charge in [-0.3, -0.25) is 4.98 Å². The summed E-state index contributed by atoms with van der Waals surface area (Å²) in [6, 6.07) is 10.1. The van der Waals surface area contributed by atoms with Crippen LogP contribution in [-0.2, 0) is 0 Å². The van der Waals surface area contributed by atoms with E-state index in [1.807, 2.05) is 30.5 Å². The van der Waals surface area contributed by atoms with Gasteiger partial charge in [-0.05, 0) is 12.1 Å². The van der Waals surface area contributed by atoms with Crippen LogP contribution < -0.4 is 0 Å². The number of nitrogens with zero attached hydrogens (tertiary/aromatic N) is 1. The number of benzene rings is 1. The molecule has 1 aromatic carbocycles. The number of hydrogen-bond acceptors (Lipinski definition) is 1. The Bertz CT molecular complexity index is 462. The second-order valence-electron chi connectivity index (χ2n) is 2.82. The molecule has 0 saturated heterocycles. The molecule has 13 heavy (non-hydrogen) atoms. The van der Waals surface area contributed by atoms with Crippen molar-refractivity contribution in [3.8, 4) is 0 Å². The number of fused-ring (bicyclic) bond motifs is 1. The standard InChI is InChI=1S/C11H8BrN/c1-8(12)10-6-9-4-2-3-5-11(9)13-7-10/h2-7H,1H2. The summed E-state index contributed by atoms with van der Waals surface area (Å²) in [5.74, 6) is 0. The van der Waals surface area contributed by atoms with Crippen LogP contribution in [0.4, 0.5) is 0 Å². The van der Waals surface area contributed by atoms with E-state index in [2.05, 4.69) is 33.6 Å². The first kappa shape index (κ1) is 8.45. The van der Waals surface area contributed by atoms with Crippen molar-refractivity contribution in [2.24, 2.45) is 0 Å². The Balaban J connectivity index is 2.69. The summed E-state index contributed by atoms with van der Waals surface area (Å²) < 4.78 is 0.866. The Morgan fingerprint density at radius 3 is 2.85 bits per heavy atom. The molecule has 0 atom stereocenters. The first-order valence-corrected chi connectivity index (χ1v) is 4.76. The van der Waals surface area contributed by atoms with E-state index in [-0.39, 0.29) is 0 Å². The van der Waals surface area contributed by atoms with Crippen LogP contribution in [0.25, 0.3) is 15.4 Å². The predicted molar refractivity (Wildman–Crippen MR) is 59.7 cm³/mol. The lowest BCUT2D eigenvalue weighted by Crippen LogP contribution is -1.81. The average Bonchev–Trinajstić information content (AvgIpc) is 2.17. The van der Waals surface area contributed by atoms with Crippen LogP contribution in [0.15, 0.2) is 43.1 Å². The highest BCUT2D eigenvalue weighted by molar-refractivity contribution is 9.15. The minimum Gasteiger partial charge on any atom is -0.256 e. The first-order chi connectivity index (χ1) is 6.27. The lowest BCUT2D eigenvalue weighted by molar-refractivity contribution is 1.40. The Hall–Kier alpha value is -1.15. The number of para-hydroxylation sites is 1. The van der Waals surface area contributed by atoms with E-state index in [0.717, 1.165) is 20.9 Å². The zero-order chi connectivity index (χ0) is 9.26. The fourth-order valence-electron chi connectivity index (χ4n) is 1.22. The van der Waals surface area contributed by atoms with Gasteiger partial charge in [0.05, 0.1) is 5.52 Å². The number of pyridine rings is 1. The fraction of sp³-hybridized carbons (Fsp3) is 0. The van der Waals surface area contributed by atoms with Crippen molar-refractivity contribution in [1.29, 1.82) is 0 Å². The SMILES string of the molecule is C=C(Br)c1cnc2ccccc2c1. The molecule has 1 nitrogen and oxygen atoms in total. The van der Waals surface area contributed by atoms with Crippen molar-refractivity contribution >= 4 is 31.3 Å². The topological polar surface area (TPSA) is 12.9 Å². The minimum absolute atomic E-state index is 0.866. The molecule has 0 aliphatic carbocycles. The molecule has 0 N–H and O–H groups in total. The third kappa shape index (κ3) is 1.63.